The first-order valence-electron chi connectivity index (χ1n) is 7.07. The number of carboxylic acid groups (broad SMARTS) is 1. The van der Waals surface area contributed by atoms with Crippen molar-refractivity contribution in [2.75, 3.05) is 6.61 Å². The average Bonchev–Trinajstić information content (AvgIpc) is 2.45. The number of carbonyl (C=O) groups excluding carboxylic acids is 1. The highest BCUT2D eigenvalue weighted by atomic mass is 16.5. The second-order valence-electron chi connectivity index (χ2n) is 5.43. The molecule has 1 rings (SSSR count). The molecule has 11 heteroatoms. The van der Waals surface area contributed by atoms with Crippen LogP contribution < -0.4 is 22.1 Å². The first kappa shape index (κ1) is 19.7. The number of hydrogen-bond donors (Lipinski definition) is 8. The van der Waals surface area contributed by atoms with E-state index in [1.54, 1.807) is 0 Å². The second kappa shape index (κ2) is 8.49. The van der Waals surface area contributed by atoms with Crippen molar-refractivity contribution in [2.45, 2.75) is 56.1 Å². The van der Waals surface area contributed by atoms with Crippen LogP contribution in [0.2, 0.25) is 0 Å². The van der Waals surface area contributed by atoms with E-state index < -0.39 is 61.3 Å². The largest absolute Gasteiger partial charge is 0.479 e. The van der Waals surface area contributed by atoms with Gasteiger partial charge in [-0.1, -0.05) is 0 Å². The monoisotopic (exact) mass is 336 g/mol. The Labute approximate surface area is 132 Å². The molecule has 1 amide bonds. The number of ether oxygens (including phenoxy) is 1. The van der Waals surface area contributed by atoms with E-state index in [1.165, 1.54) is 6.92 Å². The van der Waals surface area contributed by atoms with E-state index >= 15 is 0 Å². The van der Waals surface area contributed by atoms with E-state index in [0.29, 0.717) is 0 Å². The number of amides is 1. The van der Waals surface area contributed by atoms with Gasteiger partial charge in [-0.05, 0) is 0 Å². The van der Waals surface area contributed by atoms with Crippen molar-refractivity contribution >= 4 is 11.9 Å². The number of aliphatic carboxylic acids is 1. The van der Waals surface area contributed by atoms with Gasteiger partial charge in [0.2, 0.25) is 5.91 Å². The topological polar surface area (TPSA) is 200 Å². The Bertz CT molecular complexity index is 422. The number of rotatable bonds is 7. The fourth-order valence-corrected chi connectivity index (χ4v) is 2.55. The molecule has 134 valence electrons. The molecule has 0 spiro atoms. The summed E-state index contributed by atoms with van der Waals surface area (Å²) in [6.45, 7) is 0.467. The molecule has 0 aromatic carbocycles. The molecule has 1 unspecified atom stereocenters. The van der Waals surface area contributed by atoms with E-state index in [-0.39, 0.29) is 6.42 Å². The SMILES string of the molecule is CC(=O)N[C@H]1[C@H]([C@H](O)[C@H](O)CO)OC(C(=O)O)C[C@@H]1NC(N)N. The Balaban J connectivity index is 3.10. The van der Waals surface area contributed by atoms with E-state index in [0.717, 1.165) is 0 Å². The molecule has 23 heavy (non-hydrogen) atoms. The van der Waals surface area contributed by atoms with Crippen molar-refractivity contribution in [3.05, 3.63) is 0 Å². The molecule has 1 aliphatic heterocycles. The first-order chi connectivity index (χ1) is 10.7. The predicted molar refractivity (Wildman–Crippen MR) is 76.7 cm³/mol. The minimum absolute atomic E-state index is 0.0659. The Hall–Kier alpha value is -1.34. The van der Waals surface area contributed by atoms with E-state index in [1.807, 2.05) is 0 Å². The third-order valence-corrected chi connectivity index (χ3v) is 3.55. The summed E-state index contributed by atoms with van der Waals surface area (Å²) in [6, 6.07) is -1.63. The van der Waals surface area contributed by atoms with Crippen molar-refractivity contribution in [3.8, 4) is 0 Å². The molecule has 0 aromatic rings. The number of nitrogens with one attached hydrogen (secondary N) is 2. The van der Waals surface area contributed by atoms with Gasteiger partial charge in [0.25, 0.3) is 0 Å². The molecular weight excluding hydrogens is 312 g/mol. The first-order valence-corrected chi connectivity index (χ1v) is 7.07. The van der Waals surface area contributed by atoms with Gasteiger partial charge in [0.05, 0.1) is 12.6 Å². The summed E-state index contributed by atoms with van der Waals surface area (Å²) >= 11 is 0. The normalized spacial score (nSPS) is 30.7. The highest BCUT2D eigenvalue weighted by Gasteiger charge is 2.46. The Kier molecular flexibility index (Phi) is 7.28. The predicted octanol–water partition coefficient (Wildman–Crippen LogP) is -4.39. The summed E-state index contributed by atoms with van der Waals surface area (Å²) in [5, 5.41) is 43.1. The zero-order valence-corrected chi connectivity index (χ0v) is 12.6. The molecule has 1 heterocycles. The lowest BCUT2D eigenvalue weighted by Gasteiger charge is -2.44. The molecule has 10 N–H and O–H groups in total. The van der Waals surface area contributed by atoms with Gasteiger partial charge in [-0.15, -0.1) is 0 Å². The van der Waals surface area contributed by atoms with Gasteiger partial charge in [0.1, 0.15) is 24.6 Å². The molecular formula is C12H24N4O7. The van der Waals surface area contributed by atoms with Gasteiger partial charge in [0, 0.05) is 19.4 Å². The summed E-state index contributed by atoms with van der Waals surface area (Å²) in [7, 11) is 0. The number of carbonyl (C=O) groups is 2. The lowest BCUT2D eigenvalue weighted by Crippen LogP contribution is -2.69. The summed E-state index contributed by atoms with van der Waals surface area (Å²) in [5.74, 6) is -1.74. The highest BCUT2D eigenvalue weighted by molar-refractivity contribution is 5.74. The van der Waals surface area contributed by atoms with Gasteiger partial charge >= 0.3 is 5.97 Å². The van der Waals surface area contributed by atoms with Gasteiger partial charge in [-0.3, -0.25) is 10.1 Å². The van der Waals surface area contributed by atoms with Crippen LogP contribution in [0.1, 0.15) is 13.3 Å². The fourth-order valence-electron chi connectivity index (χ4n) is 2.55. The van der Waals surface area contributed by atoms with Gasteiger partial charge in [-0.25, -0.2) is 4.79 Å². The third-order valence-electron chi connectivity index (χ3n) is 3.55. The van der Waals surface area contributed by atoms with Crippen LogP contribution in [-0.4, -0.2) is 81.7 Å². The van der Waals surface area contributed by atoms with Crippen molar-refractivity contribution in [2.24, 2.45) is 11.5 Å². The smallest absolute Gasteiger partial charge is 0.332 e. The molecule has 0 radical (unpaired) electrons. The Morgan fingerprint density at radius 1 is 1.35 bits per heavy atom. The maximum atomic E-state index is 11.4. The number of nitrogens with two attached hydrogens (primary N) is 2. The highest BCUT2D eigenvalue weighted by Crippen LogP contribution is 2.24. The maximum absolute atomic E-state index is 11.4. The molecule has 0 bridgehead atoms. The van der Waals surface area contributed by atoms with Crippen molar-refractivity contribution in [1.29, 1.82) is 0 Å². The summed E-state index contributed by atoms with van der Waals surface area (Å²) in [6.07, 6.45) is -6.85. The van der Waals surface area contributed by atoms with E-state index in [9.17, 15) is 19.8 Å². The van der Waals surface area contributed by atoms with Crippen LogP contribution in [0, 0.1) is 0 Å². The Morgan fingerprint density at radius 2 is 1.96 bits per heavy atom. The number of aliphatic hydroxyl groups is 3. The minimum atomic E-state index is -1.63. The average molecular weight is 336 g/mol. The van der Waals surface area contributed by atoms with Crippen LogP contribution in [0.25, 0.3) is 0 Å². The molecule has 1 aliphatic rings. The minimum Gasteiger partial charge on any atom is -0.479 e. The van der Waals surface area contributed by atoms with Crippen molar-refractivity contribution in [3.63, 3.8) is 0 Å². The summed E-state index contributed by atoms with van der Waals surface area (Å²) in [4.78, 5) is 22.6. The van der Waals surface area contributed by atoms with Crippen LogP contribution >= 0.6 is 0 Å². The quantitative estimate of drug-likeness (QED) is 0.210. The molecule has 11 nitrogen and oxygen atoms in total. The molecule has 6 atom stereocenters. The van der Waals surface area contributed by atoms with E-state index in [4.69, 9.17) is 26.4 Å². The van der Waals surface area contributed by atoms with Crippen LogP contribution in [0.5, 0.6) is 0 Å². The molecule has 1 saturated heterocycles. The van der Waals surface area contributed by atoms with Gasteiger partial charge in [-0.2, -0.15) is 0 Å². The standard InChI is InChI=1S/C12H24N4O7/c1-4(18)15-8-5(16-12(13)14)2-7(11(21)22)23-10(8)9(20)6(19)3-17/h5-10,12,16-17,19-20H,2-3,13-14H2,1H3,(H,15,18)(H,21,22)/t5-,6+,7?,8+,9+,10+/m0/s1. The van der Waals surface area contributed by atoms with Crippen LogP contribution in [-0.2, 0) is 14.3 Å². The molecule has 0 aliphatic carbocycles. The third kappa shape index (κ3) is 5.35. The van der Waals surface area contributed by atoms with Crippen LogP contribution in [0.15, 0.2) is 0 Å². The van der Waals surface area contributed by atoms with Gasteiger partial charge < -0.3 is 41.9 Å². The number of aliphatic hydroxyl groups excluding tert-OH is 3. The molecule has 1 fully saturated rings. The molecule has 0 saturated carbocycles. The zero-order valence-electron chi connectivity index (χ0n) is 12.6. The van der Waals surface area contributed by atoms with Crippen LogP contribution in [0.3, 0.4) is 0 Å². The van der Waals surface area contributed by atoms with Crippen molar-refractivity contribution < 1.29 is 34.8 Å². The summed E-state index contributed by atoms with van der Waals surface area (Å²) in [5.41, 5.74) is 10.9. The van der Waals surface area contributed by atoms with Crippen LogP contribution in [0.4, 0.5) is 0 Å². The molecule has 0 aromatic heterocycles. The summed E-state index contributed by atoms with van der Waals surface area (Å²) < 4.78 is 5.30. The van der Waals surface area contributed by atoms with Gasteiger partial charge in [0.15, 0.2) is 6.10 Å². The number of hydrogen-bond acceptors (Lipinski definition) is 9. The lowest BCUT2D eigenvalue weighted by molar-refractivity contribution is -0.184. The zero-order chi connectivity index (χ0) is 17.7. The second-order valence-corrected chi connectivity index (χ2v) is 5.43. The lowest BCUT2D eigenvalue weighted by atomic mass is 9.88. The van der Waals surface area contributed by atoms with E-state index in [2.05, 4.69) is 10.6 Å². The maximum Gasteiger partial charge on any atom is 0.332 e. The van der Waals surface area contributed by atoms with Crippen molar-refractivity contribution in [1.82, 2.24) is 10.6 Å². The number of carboxylic acids is 1. The Morgan fingerprint density at radius 3 is 2.39 bits per heavy atom. The fraction of sp³-hybridized carbons (Fsp3) is 0.833.